The van der Waals surface area contributed by atoms with Crippen LogP contribution in [0.2, 0.25) is 0 Å². The van der Waals surface area contributed by atoms with E-state index in [1.165, 1.54) is 43.1 Å². The van der Waals surface area contributed by atoms with E-state index in [-0.39, 0.29) is 28.5 Å². The number of hydrogen-bond donors (Lipinski definition) is 0. The SMILES string of the molecule is CC[C@@H](C)c1nc2ccc(Br)cc2c(=O)n1N=Cc1cc([N+](=O)[O-])ccc1O[C@H](C)C(=O)OC. The first-order valence-electron chi connectivity index (χ1n) is 10.5. The minimum atomic E-state index is -0.961. The average Bonchev–Trinajstić information content (AvgIpc) is 2.83. The first kappa shape index (κ1) is 25.0. The zero-order valence-electron chi connectivity index (χ0n) is 19.0. The lowest BCUT2D eigenvalue weighted by molar-refractivity contribution is -0.384. The molecule has 0 N–H and O–H groups in total. The van der Waals surface area contributed by atoms with Crippen molar-refractivity contribution in [2.24, 2.45) is 5.10 Å². The normalized spacial score (nSPS) is 13.1. The molecule has 0 amide bonds. The standard InChI is InChI=1S/C23H23BrN4O6/c1-5-13(2)21-26-19-8-6-16(24)11-18(19)22(29)27(21)25-12-15-10-17(28(31)32)7-9-20(15)34-14(3)23(30)33-4/h6-14H,5H2,1-4H3/t13-,14-/m1/s1. The van der Waals surface area contributed by atoms with Crippen LogP contribution in [-0.2, 0) is 9.53 Å². The molecular weight excluding hydrogens is 508 g/mol. The number of methoxy groups -OCH3 is 1. The van der Waals surface area contributed by atoms with Gasteiger partial charge in [0.25, 0.3) is 11.2 Å². The maximum Gasteiger partial charge on any atom is 0.346 e. The van der Waals surface area contributed by atoms with Crippen LogP contribution in [-0.4, -0.2) is 40.0 Å². The van der Waals surface area contributed by atoms with Gasteiger partial charge in [0.15, 0.2) is 6.10 Å². The third-order valence-electron chi connectivity index (χ3n) is 5.24. The number of non-ortho nitro benzene ring substituents is 1. The fraction of sp³-hybridized carbons (Fsp3) is 0.304. The molecule has 0 radical (unpaired) electrons. The maximum absolute atomic E-state index is 13.3. The molecule has 34 heavy (non-hydrogen) atoms. The largest absolute Gasteiger partial charge is 0.478 e. The van der Waals surface area contributed by atoms with Gasteiger partial charge in [0, 0.05) is 28.1 Å². The predicted molar refractivity (Wildman–Crippen MR) is 131 cm³/mol. The second-order valence-corrected chi connectivity index (χ2v) is 8.48. The lowest BCUT2D eigenvalue weighted by atomic mass is 10.1. The molecule has 11 heteroatoms. The fourth-order valence-electron chi connectivity index (χ4n) is 3.16. The number of carbonyl (C=O) groups excluding carboxylic acids is 1. The minimum absolute atomic E-state index is 0.0851. The Labute approximate surface area is 203 Å². The zero-order valence-corrected chi connectivity index (χ0v) is 20.6. The molecule has 0 spiro atoms. The summed E-state index contributed by atoms with van der Waals surface area (Å²) in [4.78, 5) is 40.5. The molecule has 0 aliphatic rings. The number of esters is 1. The molecule has 0 bridgehead atoms. The molecule has 178 valence electrons. The van der Waals surface area contributed by atoms with Gasteiger partial charge in [-0.05, 0) is 37.6 Å². The summed E-state index contributed by atoms with van der Waals surface area (Å²) in [6, 6.07) is 9.09. The first-order valence-corrected chi connectivity index (χ1v) is 11.2. The van der Waals surface area contributed by atoms with Gasteiger partial charge in [-0.2, -0.15) is 9.78 Å². The molecule has 2 atom stereocenters. The van der Waals surface area contributed by atoms with Gasteiger partial charge in [-0.3, -0.25) is 14.9 Å². The van der Waals surface area contributed by atoms with Gasteiger partial charge >= 0.3 is 5.97 Å². The van der Waals surface area contributed by atoms with Gasteiger partial charge in [-0.1, -0.05) is 29.8 Å². The van der Waals surface area contributed by atoms with Crippen LogP contribution < -0.4 is 10.3 Å². The Balaban J connectivity index is 2.17. The molecule has 0 saturated carbocycles. The predicted octanol–water partition coefficient (Wildman–Crippen LogP) is 4.40. The molecule has 0 aliphatic carbocycles. The van der Waals surface area contributed by atoms with E-state index in [4.69, 9.17) is 4.74 Å². The quantitative estimate of drug-likeness (QED) is 0.183. The smallest absolute Gasteiger partial charge is 0.346 e. The summed E-state index contributed by atoms with van der Waals surface area (Å²) in [6.45, 7) is 5.39. The second kappa shape index (κ2) is 10.6. The second-order valence-electron chi connectivity index (χ2n) is 7.56. The average molecular weight is 531 g/mol. The summed E-state index contributed by atoms with van der Waals surface area (Å²) >= 11 is 3.37. The first-order chi connectivity index (χ1) is 16.2. The van der Waals surface area contributed by atoms with E-state index >= 15 is 0 Å². The molecule has 3 rings (SSSR count). The van der Waals surface area contributed by atoms with Crippen molar-refractivity contribution in [3.63, 3.8) is 0 Å². The van der Waals surface area contributed by atoms with E-state index in [0.29, 0.717) is 23.1 Å². The van der Waals surface area contributed by atoms with Crippen LogP contribution in [0.4, 0.5) is 5.69 Å². The summed E-state index contributed by atoms with van der Waals surface area (Å²) in [6.07, 6.45) is 1.04. The molecule has 10 nitrogen and oxygen atoms in total. The number of nitro groups is 1. The van der Waals surface area contributed by atoms with E-state index in [9.17, 15) is 19.7 Å². The number of carbonyl (C=O) groups is 1. The molecule has 1 aromatic heterocycles. The van der Waals surface area contributed by atoms with Crippen molar-refractivity contribution in [3.8, 4) is 5.75 Å². The summed E-state index contributed by atoms with van der Waals surface area (Å²) in [5, 5.41) is 16.0. The van der Waals surface area contributed by atoms with Crippen LogP contribution in [0.5, 0.6) is 5.75 Å². The number of aromatic nitrogens is 2. The van der Waals surface area contributed by atoms with E-state index in [2.05, 4.69) is 30.8 Å². The van der Waals surface area contributed by atoms with Gasteiger partial charge in [-0.15, -0.1) is 0 Å². The van der Waals surface area contributed by atoms with Crippen molar-refractivity contribution in [2.75, 3.05) is 7.11 Å². The fourth-order valence-corrected chi connectivity index (χ4v) is 3.52. The zero-order chi connectivity index (χ0) is 25.0. The van der Waals surface area contributed by atoms with Crippen LogP contribution in [0.15, 0.2) is 50.8 Å². The highest BCUT2D eigenvalue weighted by Crippen LogP contribution is 2.25. The Morgan fingerprint density at radius 1 is 1.29 bits per heavy atom. The van der Waals surface area contributed by atoms with Crippen LogP contribution in [0.3, 0.4) is 0 Å². The number of halogens is 1. The van der Waals surface area contributed by atoms with E-state index in [0.717, 1.165) is 4.47 Å². The van der Waals surface area contributed by atoms with Gasteiger partial charge in [0.1, 0.15) is 11.6 Å². The van der Waals surface area contributed by atoms with Crippen LogP contribution in [0.1, 0.15) is 44.5 Å². The van der Waals surface area contributed by atoms with Crippen molar-refractivity contribution in [1.82, 2.24) is 9.66 Å². The van der Waals surface area contributed by atoms with Crippen molar-refractivity contribution in [3.05, 3.63) is 72.7 Å². The van der Waals surface area contributed by atoms with E-state index < -0.39 is 17.0 Å². The topological polar surface area (TPSA) is 126 Å². The monoisotopic (exact) mass is 530 g/mol. The van der Waals surface area contributed by atoms with Crippen molar-refractivity contribution >= 4 is 44.7 Å². The summed E-state index contributed by atoms with van der Waals surface area (Å²) in [5.74, 6) is -0.0739. The van der Waals surface area contributed by atoms with E-state index in [1.54, 1.807) is 18.2 Å². The highest BCUT2D eigenvalue weighted by atomic mass is 79.9. The maximum atomic E-state index is 13.3. The highest BCUT2D eigenvalue weighted by Gasteiger charge is 2.19. The third-order valence-corrected chi connectivity index (χ3v) is 5.73. The molecular formula is C23H23BrN4O6. The van der Waals surface area contributed by atoms with Crippen LogP contribution in [0, 0.1) is 10.1 Å². The van der Waals surface area contributed by atoms with Crippen molar-refractivity contribution in [1.29, 1.82) is 0 Å². The van der Waals surface area contributed by atoms with Crippen molar-refractivity contribution < 1.29 is 19.2 Å². The van der Waals surface area contributed by atoms with Crippen molar-refractivity contribution in [2.45, 2.75) is 39.2 Å². The van der Waals surface area contributed by atoms with Gasteiger partial charge in [-0.25, -0.2) is 9.78 Å². The minimum Gasteiger partial charge on any atom is -0.478 e. The van der Waals surface area contributed by atoms with E-state index in [1.807, 2.05) is 13.8 Å². The molecule has 3 aromatic rings. The number of rotatable bonds is 8. The Morgan fingerprint density at radius 3 is 2.68 bits per heavy atom. The molecule has 1 heterocycles. The summed E-state index contributed by atoms with van der Waals surface area (Å²) < 4.78 is 12.2. The number of ether oxygens (including phenoxy) is 2. The Kier molecular flexibility index (Phi) is 7.77. The number of hydrogen-bond acceptors (Lipinski definition) is 8. The van der Waals surface area contributed by atoms with Crippen LogP contribution >= 0.6 is 15.9 Å². The lowest BCUT2D eigenvalue weighted by Gasteiger charge is -2.15. The Hall–Kier alpha value is -3.60. The molecule has 0 aliphatic heterocycles. The van der Waals surface area contributed by atoms with Gasteiger partial charge in [0.05, 0.1) is 29.2 Å². The number of nitro benzene ring substituents is 1. The molecule has 0 saturated heterocycles. The molecule has 0 fully saturated rings. The number of fused-ring (bicyclic) bond motifs is 1. The lowest BCUT2D eigenvalue weighted by Crippen LogP contribution is -2.25. The summed E-state index contributed by atoms with van der Waals surface area (Å²) in [7, 11) is 1.23. The third kappa shape index (κ3) is 5.30. The Morgan fingerprint density at radius 2 is 2.03 bits per heavy atom. The number of benzene rings is 2. The molecule has 2 aromatic carbocycles. The van der Waals surface area contributed by atoms with Crippen LogP contribution in [0.25, 0.3) is 10.9 Å². The number of nitrogens with zero attached hydrogens (tertiary/aromatic N) is 4. The highest BCUT2D eigenvalue weighted by molar-refractivity contribution is 9.10. The van der Waals surface area contributed by atoms with Gasteiger partial charge in [0.2, 0.25) is 0 Å². The summed E-state index contributed by atoms with van der Waals surface area (Å²) in [5.41, 5.74) is 0.172. The van der Waals surface area contributed by atoms with Gasteiger partial charge < -0.3 is 9.47 Å². The Bertz CT molecular complexity index is 1340. The molecule has 0 unspecified atom stereocenters.